The topological polar surface area (TPSA) is 54.0 Å². The molecule has 0 aliphatic carbocycles. The number of rotatable bonds is 6. The molecule has 1 aromatic heterocycles. The number of carbonyl (C=O) groups is 1. The van der Waals surface area contributed by atoms with E-state index < -0.39 is 0 Å². The van der Waals surface area contributed by atoms with Gasteiger partial charge in [0.1, 0.15) is 5.01 Å². The summed E-state index contributed by atoms with van der Waals surface area (Å²) in [7, 11) is 1.85. The molecule has 4 nitrogen and oxygen atoms in total. The molecule has 1 amide bonds. The molecule has 0 bridgehead atoms. The highest BCUT2D eigenvalue weighted by Crippen LogP contribution is 2.19. The minimum atomic E-state index is -0.0148. The maximum Gasteiger partial charge on any atom is 0.224 e. The van der Waals surface area contributed by atoms with E-state index in [9.17, 15) is 4.79 Å². The van der Waals surface area contributed by atoms with E-state index in [0.29, 0.717) is 6.54 Å². The molecule has 1 aromatic rings. The number of thiazole rings is 1. The summed E-state index contributed by atoms with van der Waals surface area (Å²) in [5.74, 6) is 0.0652. The van der Waals surface area contributed by atoms with Crippen molar-refractivity contribution in [1.82, 2.24) is 15.6 Å². The molecule has 0 radical (unpaired) electrons. The van der Waals surface area contributed by atoms with E-state index in [4.69, 9.17) is 0 Å². The molecule has 0 spiro atoms. The standard InChI is InChI=1S/C11H19N3OS/c1-4-9(11-13-5-6-16-11)14-10(15)8(2)7-12-3/h5-6,8-9,12H,4,7H2,1-3H3,(H,14,15). The Morgan fingerprint density at radius 3 is 2.88 bits per heavy atom. The molecule has 2 atom stereocenters. The van der Waals surface area contributed by atoms with E-state index >= 15 is 0 Å². The van der Waals surface area contributed by atoms with Crippen LogP contribution in [0.4, 0.5) is 0 Å². The Labute approximate surface area is 100 Å². The highest BCUT2D eigenvalue weighted by molar-refractivity contribution is 7.09. The molecule has 0 saturated heterocycles. The maximum absolute atomic E-state index is 11.8. The van der Waals surface area contributed by atoms with Crippen molar-refractivity contribution in [2.75, 3.05) is 13.6 Å². The molecule has 0 aliphatic rings. The van der Waals surface area contributed by atoms with Crippen molar-refractivity contribution in [3.8, 4) is 0 Å². The normalized spacial score (nSPS) is 14.4. The molecule has 0 fully saturated rings. The van der Waals surface area contributed by atoms with Gasteiger partial charge >= 0.3 is 0 Å². The van der Waals surface area contributed by atoms with Gasteiger partial charge in [-0.25, -0.2) is 4.98 Å². The molecule has 5 heteroatoms. The number of nitrogens with one attached hydrogen (secondary N) is 2. The van der Waals surface area contributed by atoms with E-state index in [-0.39, 0.29) is 17.9 Å². The van der Waals surface area contributed by atoms with Gasteiger partial charge in [0.05, 0.1) is 6.04 Å². The molecule has 1 heterocycles. The molecule has 16 heavy (non-hydrogen) atoms. The van der Waals surface area contributed by atoms with Crippen LogP contribution in [0.3, 0.4) is 0 Å². The smallest absolute Gasteiger partial charge is 0.224 e. The second-order valence-electron chi connectivity index (χ2n) is 3.80. The Balaban J connectivity index is 2.54. The fourth-order valence-corrected chi connectivity index (χ4v) is 2.23. The van der Waals surface area contributed by atoms with Gasteiger partial charge in [-0.1, -0.05) is 13.8 Å². The monoisotopic (exact) mass is 241 g/mol. The summed E-state index contributed by atoms with van der Waals surface area (Å²) in [4.78, 5) is 16.1. The summed E-state index contributed by atoms with van der Waals surface area (Å²) in [6, 6.07) is 0.0480. The lowest BCUT2D eigenvalue weighted by Gasteiger charge is -2.17. The fraction of sp³-hybridized carbons (Fsp3) is 0.636. The molecule has 2 N–H and O–H groups in total. The van der Waals surface area contributed by atoms with Gasteiger partial charge in [0.2, 0.25) is 5.91 Å². The predicted molar refractivity (Wildman–Crippen MR) is 66.4 cm³/mol. The first-order valence-corrected chi connectivity index (χ1v) is 6.41. The first kappa shape index (κ1) is 13.1. The molecule has 2 unspecified atom stereocenters. The highest BCUT2D eigenvalue weighted by Gasteiger charge is 2.18. The third-order valence-corrected chi connectivity index (χ3v) is 3.32. The van der Waals surface area contributed by atoms with Crippen LogP contribution in [0.15, 0.2) is 11.6 Å². The van der Waals surface area contributed by atoms with Crippen molar-refractivity contribution in [2.24, 2.45) is 5.92 Å². The minimum Gasteiger partial charge on any atom is -0.347 e. The molecule has 0 aromatic carbocycles. The van der Waals surface area contributed by atoms with E-state index in [1.807, 2.05) is 19.4 Å². The fourth-order valence-electron chi connectivity index (χ4n) is 1.46. The number of hydrogen-bond donors (Lipinski definition) is 2. The van der Waals surface area contributed by atoms with E-state index in [0.717, 1.165) is 11.4 Å². The summed E-state index contributed by atoms with van der Waals surface area (Å²) in [5, 5.41) is 8.93. The van der Waals surface area contributed by atoms with E-state index in [1.165, 1.54) is 0 Å². The Hall–Kier alpha value is -0.940. The largest absolute Gasteiger partial charge is 0.347 e. The average Bonchev–Trinajstić information content (AvgIpc) is 2.79. The van der Waals surface area contributed by atoms with Gasteiger partial charge in [0.15, 0.2) is 0 Å². The zero-order valence-corrected chi connectivity index (χ0v) is 10.8. The van der Waals surface area contributed by atoms with Gasteiger partial charge < -0.3 is 10.6 Å². The van der Waals surface area contributed by atoms with Crippen molar-refractivity contribution >= 4 is 17.2 Å². The number of carbonyl (C=O) groups excluding carboxylic acids is 1. The van der Waals surface area contributed by atoms with Crippen LogP contribution < -0.4 is 10.6 Å². The molecule has 90 valence electrons. The summed E-state index contributed by atoms with van der Waals surface area (Å²) < 4.78 is 0. The summed E-state index contributed by atoms with van der Waals surface area (Å²) in [6.45, 7) is 4.66. The molecule has 0 aliphatic heterocycles. The third-order valence-electron chi connectivity index (χ3n) is 2.43. The second-order valence-corrected chi connectivity index (χ2v) is 4.72. The van der Waals surface area contributed by atoms with Crippen molar-refractivity contribution in [1.29, 1.82) is 0 Å². The van der Waals surface area contributed by atoms with Gasteiger partial charge in [-0.3, -0.25) is 4.79 Å². The summed E-state index contributed by atoms with van der Waals surface area (Å²) in [6.07, 6.45) is 2.64. The predicted octanol–water partition coefficient (Wildman–Crippen LogP) is 1.57. The SMILES string of the molecule is CCC(NC(=O)C(C)CNC)c1nccs1. The highest BCUT2D eigenvalue weighted by atomic mass is 32.1. The average molecular weight is 241 g/mol. The van der Waals surface area contributed by atoms with E-state index in [2.05, 4.69) is 22.5 Å². The maximum atomic E-state index is 11.8. The van der Waals surface area contributed by atoms with Gasteiger partial charge in [0, 0.05) is 24.0 Å². The summed E-state index contributed by atoms with van der Waals surface area (Å²) >= 11 is 1.58. The van der Waals surface area contributed by atoms with Gasteiger partial charge in [-0.15, -0.1) is 11.3 Å². The van der Waals surface area contributed by atoms with Crippen LogP contribution in [0.25, 0.3) is 0 Å². The lowest BCUT2D eigenvalue weighted by Crippen LogP contribution is -2.36. The molecular weight excluding hydrogens is 222 g/mol. The van der Waals surface area contributed by atoms with Crippen molar-refractivity contribution < 1.29 is 4.79 Å². The van der Waals surface area contributed by atoms with Gasteiger partial charge in [-0.05, 0) is 13.5 Å². The first-order chi connectivity index (χ1) is 7.69. The van der Waals surface area contributed by atoms with Crippen LogP contribution >= 0.6 is 11.3 Å². The second kappa shape index (κ2) is 6.60. The number of nitrogens with zero attached hydrogens (tertiary/aromatic N) is 1. The van der Waals surface area contributed by atoms with Crippen LogP contribution in [0.5, 0.6) is 0 Å². The summed E-state index contributed by atoms with van der Waals surface area (Å²) in [5.41, 5.74) is 0. The van der Waals surface area contributed by atoms with Gasteiger partial charge in [0.25, 0.3) is 0 Å². The van der Waals surface area contributed by atoms with Crippen molar-refractivity contribution in [3.05, 3.63) is 16.6 Å². The van der Waals surface area contributed by atoms with Gasteiger partial charge in [-0.2, -0.15) is 0 Å². The molecule has 1 rings (SSSR count). The first-order valence-electron chi connectivity index (χ1n) is 5.53. The van der Waals surface area contributed by atoms with E-state index in [1.54, 1.807) is 17.5 Å². The van der Waals surface area contributed by atoms with Crippen molar-refractivity contribution in [2.45, 2.75) is 26.3 Å². The molecular formula is C11H19N3OS. The number of hydrogen-bond acceptors (Lipinski definition) is 4. The van der Waals surface area contributed by atoms with Crippen LogP contribution in [0.2, 0.25) is 0 Å². The van der Waals surface area contributed by atoms with Crippen molar-refractivity contribution in [3.63, 3.8) is 0 Å². The zero-order valence-electron chi connectivity index (χ0n) is 9.99. The Morgan fingerprint density at radius 2 is 2.38 bits per heavy atom. The Bertz CT molecular complexity index is 313. The quantitative estimate of drug-likeness (QED) is 0.795. The number of aromatic nitrogens is 1. The Morgan fingerprint density at radius 1 is 1.62 bits per heavy atom. The lowest BCUT2D eigenvalue weighted by molar-refractivity contribution is -0.125. The molecule has 0 saturated carbocycles. The zero-order chi connectivity index (χ0) is 12.0. The third kappa shape index (κ3) is 3.57. The van der Waals surface area contributed by atoms with Crippen LogP contribution in [-0.2, 0) is 4.79 Å². The van der Waals surface area contributed by atoms with Crippen LogP contribution in [0.1, 0.15) is 31.3 Å². The lowest BCUT2D eigenvalue weighted by atomic mass is 10.1. The van der Waals surface area contributed by atoms with Crippen LogP contribution in [0, 0.1) is 5.92 Å². The number of amides is 1. The minimum absolute atomic E-state index is 0.0148. The van der Waals surface area contributed by atoms with Crippen LogP contribution in [-0.4, -0.2) is 24.5 Å². The Kier molecular flexibility index (Phi) is 5.42.